The Kier molecular flexibility index (Phi) is 8.40. The number of hydrogen-bond donors (Lipinski definition) is 2. The quantitative estimate of drug-likeness (QED) is 0.638. The molecular formula is C22H29F3N2S. The van der Waals surface area contributed by atoms with Crippen LogP contribution in [0.15, 0.2) is 48.5 Å². The molecule has 3 rings (SSSR count). The second-order valence-electron chi connectivity index (χ2n) is 7.20. The van der Waals surface area contributed by atoms with Crippen molar-refractivity contribution in [3.63, 3.8) is 0 Å². The summed E-state index contributed by atoms with van der Waals surface area (Å²) in [6.07, 6.45) is -0.619. The molecule has 0 unspecified atom stereocenters. The molecule has 1 fully saturated rings. The number of hydrogen-bond acceptors (Lipinski definition) is 3. The van der Waals surface area contributed by atoms with Crippen molar-refractivity contribution in [1.29, 1.82) is 0 Å². The highest BCUT2D eigenvalue weighted by Gasteiger charge is 2.30. The lowest BCUT2D eigenvalue weighted by atomic mass is 9.89. The van der Waals surface area contributed by atoms with Gasteiger partial charge in [0.25, 0.3) is 0 Å². The minimum Gasteiger partial charge on any atom is -0.324 e. The molecule has 0 spiro atoms. The van der Waals surface area contributed by atoms with E-state index in [9.17, 15) is 13.2 Å². The zero-order chi connectivity index (χ0) is 20.7. The van der Waals surface area contributed by atoms with E-state index in [4.69, 9.17) is 5.73 Å². The average molecular weight is 411 g/mol. The molecule has 2 aromatic carbocycles. The van der Waals surface area contributed by atoms with Crippen molar-refractivity contribution >= 4 is 12.6 Å². The summed E-state index contributed by atoms with van der Waals surface area (Å²) in [6.45, 7) is 4.79. The molecule has 2 N–H and O–H groups in total. The highest BCUT2D eigenvalue weighted by atomic mass is 32.1. The van der Waals surface area contributed by atoms with E-state index in [0.29, 0.717) is 5.92 Å². The summed E-state index contributed by atoms with van der Waals surface area (Å²) in [5.41, 5.74) is 8.72. The number of likely N-dealkylation sites (tertiary alicyclic amines) is 1. The van der Waals surface area contributed by atoms with Crippen LogP contribution in [0.4, 0.5) is 13.2 Å². The number of benzene rings is 2. The molecule has 1 atom stereocenters. The third-order valence-corrected chi connectivity index (χ3v) is 5.21. The number of halogens is 3. The van der Waals surface area contributed by atoms with Gasteiger partial charge in [0.1, 0.15) is 0 Å². The second kappa shape index (κ2) is 10.3. The lowest BCUT2D eigenvalue weighted by Crippen LogP contribution is -2.32. The van der Waals surface area contributed by atoms with Gasteiger partial charge in [0, 0.05) is 12.6 Å². The van der Waals surface area contributed by atoms with Gasteiger partial charge in [-0.05, 0) is 73.9 Å². The molecule has 1 heterocycles. The van der Waals surface area contributed by atoms with Crippen LogP contribution in [0.25, 0.3) is 0 Å². The van der Waals surface area contributed by atoms with Crippen molar-refractivity contribution in [3.8, 4) is 0 Å². The van der Waals surface area contributed by atoms with Crippen LogP contribution in [-0.4, -0.2) is 24.2 Å². The zero-order valence-electron chi connectivity index (χ0n) is 16.4. The maximum atomic E-state index is 12.7. The summed E-state index contributed by atoms with van der Waals surface area (Å²) < 4.78 is 38.0. The van der Waals surface area contributed by atoms with Crippen molar-refractivity contribution in [2.45, 2.75) is 44.4 Å². The first-order valence-electron chi connectivity index (χ1n) is 9.51. The number of piperidine rings is 1. The molecule has 0 saturated carbocycles. The van der Waals surface area contributed by atoms with Crippen molar-refractivity contribution in [1.82, 2.24) is 4.90 Å². The van der Waals surface area contributed by atoms with Crippen LogP contribution in [0.5, 0.6) is 0 Å². The molecule has 1 saturated heterocycles. The van der Waals surface area contributed by atoms with E-state index in [1.807, 2.05) is 6.92 Å². The highest BCUT2D eigenvalue weighted by Crippen LogP contribution is 2.33. The molecule has 0 amide bonds. The molecule has 6 heteroatoms. The molecule has 1 aliphatic rings. The molecule has 0 aromatic heterocycles. The standard InChI is InChI=1S/C21H25F3N2.CH4S/c1-15(25)17-4-2-16(3-5-17)14-26-12-10-19(11-13-26)18-6-8-20(9-7-18)21(22,23)24;1-2/h2-9,15,19H,10-14,25H2,1H3;2H,1H3/t15-;/m1./s1. The van der Waals surface area contributed by atoms with Crippen LogP contribution < -0.4 is 5.73 Å². The van der Waals surface area contributed by atoms with E-state index < -0.39 is 11.7 Å². The first-order chi connectivity index (χ1) is 13.3. The Morgan fingerprint density at radius 2 is 1.54 bits per heavy atom. The van der Waals surface area contributed by atoms with Crippen molar-refractivity contribution in [2.75, 3.05) is 19.3 Å². The smallest absolute Gasteiger partial charge is 0.324 e. The van der Waals surface area contributed by atoms with Gasteiger partial charge in [0.15, 0.2) is 0 Å². The van der Waals surface area contributed by atoms with E-state index >= 15 is 0 Å². The summed E-state index contributed by atoms with van der Waals surface area (Å²) in [7, 11) is 0. The van der Waals surface area contributed by atoms with Gasteiger partial charge in [-0.3, -0.25) is 4.90 Å². The molecule has 28 heavy (non-hydrogen) atoms. The normalized spacial score (nSPS) is 17.0. The summed E-state index contributed by atoms with van der Waals surface area (Å²) in [5, 5.41) is 0. The fourth-order valence-corrected chi connectivity index (χ4v) is 3.55. The molecule has 0 aliphatic carbocycles. The molecule has 154 valence electrons. The lowest BCUT2D eigenvalue weighted by molar-refractivity contribution is -0.137. The average Bonchev–Trinajstić information content (AvgIpc) is 2.70. The molecule has 1 aliphatic heterocycles. The van der Waals surface area contributed by atoms with E-state index in [-0.39, 0.29) is 6.04 Å². The van der Waals surface area contributed by atoms with Gasteiger partial charge in [0.2, 0.25) is 0 Å². The van der Waals surface area contributed by atoms with Crippen LogP contribution >= 0.6 is 12.6 Å². The fraction of sp³-hybridized carbons (Fsp3) is 0.455. The molecular weight excluding hydrogens is 381 g/mol. The molecule has 0 radical (unpaired) electrons. The Labute approximate surface area is 171 Å². The summed E-state index contributed by atoms with van der Waals surface area (Å²) in [5.74, 6) is 0.342. The van der Waals surface area contributed by atoms with Crippen LogP contribution in [0.2, 0.25) is 0 Å². The predicted molar refractivity (Wildman–Crippen MR) is 113 cm³/mol. The van der Waals surface area contributed by atoms with Crippen LogP contribution in [0.3, 0.4) is 0 Å². The van der Waals surface area contributed by atoms with Gasteiger partial charge in [-0.2, -0.15) is 25.8 Å². The predicted octanol–water partition coefficient (Wildman–Crippen LogP) is 5.65. The maximum absolute atomic E-state index is 12.7. The minimum absolute atomic E-state index is 0.0449. The molecule has 2 aromatic rings. The van der Waals surface area contributed by atoms with Gasteiger partial charge in [-0.1, -0.05) is 36.4 Å². The van der Waals surface area contributed by atoms with E-state index in [2.05, 4.69) is 41.8 Å². The second-order valence-corrected chi connectivity index (χ2v) is 7.20. The molecule has 2 nitrogen and oxygen atoms in total. The first-order valence-corrected chi connectivity index (χ1v) is 10.4. The Morgan fingerprint density at radius 1 is 1.00 bits per heavy atom. The fourth-order valence-electron chi connectivity index (χ4n) is 3.55. The summed E-state index contributed by atoms with van der Waals surface area (Å²) >= 11 is 3.53. The van der Waals surface area contributed by atoms with Gasteiger partial charge >= 0.3 is 6.18 Å². The van der Waals surface area contributed by atoms with E-state index in [1.165, 1.54) is 17.7 Å². The first kappa shape index (κ1) is 22.8. The van der Waals surface area contributed by atoms with Crippen molar-refractivity contribution < 1.29 is 13.2 Å². The van der Waals surface area contributed by atoms with E-state index in [1.54, 1.807) is 18.4 Å². The Morgan fingerprint density at radius 3 is 2.00 bits per heavy atom. The SMILES string of the molecule is CS.C[C@@H](N)c1ccc(CN2CCC(c3ccc(C(F)(F)F)cc3)CC2)cc1. The Hall–Kier alpha value is -1.50. The summed E-state index contributed by atoms with van der Waals surface area (Å²) in [4.78, 5) is 2.40. The number of thiol groups is 1. The minimum atomic E-state index is -4.26. The number of nitrogens with two attached hydrogens (primary N) is 1. The van der Waals surface area contributed by atoms with Crippen LogP contribution in [-0.2, 0) is 12.7 Å². The number of rotatable bonds is 4. The van der Waals surface area contributed by atoms with Crippen molar-refractivity contribution in [2.24, 2.45) is 5.73 Å². The third kappa shape index (κ3) is 6.26. The molecule has 0 bridgehead atoms. The number of alkyl halides is 3. The number of nitrogens with zero attached hydrogens (tertiary/aromatic N) is 1. The van der Waals surface area contributed by atoms with Gasteiger partial charge in [-0.25, -0.2) is 0 Å². The summed E-state index contributed by atoms with van der Waals surface area (Å²) in [6, 6.07) is 14.1. The maximum Gasteiger partial charge on any atom is 0.416 e. The van der Waals surface area contributed by atoms with Crippen LogP contribution in [0, 0.1) is 0 Å². The van der Waals surface area contributed by atoms with Gasteiger partial charge in [-0.15, -0.1) is 0 Å². The third-order valence-electron chi connectivity index (χ3n) is 5.21. The van der Waals surface area contributed by atoms with Crippen molar-refractivity contribution in [3.05, 3.63) is 70.8 Å². The van der Waals surface area contributed by atoms with E-state index in [0.717, 1.165) is 43.6 Å². The zero-order valence-corrected chi connectivity index (χ0v) is 17.3. The largest absolute Gasteiger partial charge is 0.416 e. The Balaban J connectivity index is 0.00000136. The van der Waals surface area contributed by atoms with Gasteiger partial charge in [0.05, 0.1) is 5.56 Å². The lowest BCUT2D eigenvalue weighted by Gasteiger charge is -2.32. The highest BCUT2D eigenvalue weighted by molar-refractivity contribution is 7.79. The Bertz CT molecular complexity index is 704. The topological polar surface area (TPSA) is 29.3 Å². The monoisotopic (exact) mass is 410 g/mol. The van der Waals surface area contributed by atoms with Gasteiger partial charge < -0.3 is 5.73 Å². The van der Waals surface area contributed by atoms with Crippen LogP contribution in [0.1, 0.15) is 54.0 Å².